The summed E-state index contributed by atoms with van der Waals surface area (Å²) in [5.74, 6) is 0.925. The normalized spacial score (nSPS) is 19.5. The molecule has 1 heterocycles. The van der Waals surface area contributed by atoms with E-state index < -0.39 is 6.04 Å². The molecule has 2 N–H and O–H groups in total. The second-order valence-electron chi connectivity index (χ2n) is 5.42. The first-order valence-corrected chi connectivity index (χ1v) is 6.73. The molecular formula is C15H21NO3. The molecule has 2 atom stereocenters. The van der Waals surface area contributed by atoms with Crippen LogP contribution in [-0.2, 0) is 16.0 Å². The molecular weight excluding hydrogens is 242 g/mol. The van der Waals surface area contributed by atoms with Crippen LogP contribution < -0.4 is 10.5 Å². The van der Waals surface area contributed by atoms with E-state index in [4.69, 9.17) is 15.2 Å². The van der Waals surface area contributed by atoms with Gasteiger partial charge in [0, 0.05) is 6.42 Å². The van der Waals surface area contributed by atoms with Gasteiger partial charge in [0.25, 0.3) is 0 Å². The minimum Gasteiger partial charge on any atom is -0.489 e. The molecule has 0 saturated carbocycles. The van der Waals surface area contributed by atoms with Gasteiger partial charge in [0.05, 0.1) is 0 Å². The number of rotatable bonds is 4. The molecule has 4 heteroatoms. The molecule has 0 fully saturated rings. The van der Waals surface area contributed by atoms with Crippen molar-refractivity contribution in [2.24, 2.45) is 11.7 Å². The van der Waals surface area contributed by atoms with Crippen molar-refractivity contribution in [3.05, 3.63) is 29.8 Å². The Morgan fingerprint density at radius 3 is 2.95 bits per heavy atom. The van der Waals surface area contributed by atoms with Crippen molar-refractivity contribution in [3.8, 4) is 5.75 Å². The van der Waals surface area contributed by atoms with Gasteiger partial charge in [-0.3, -0.25) is 4.79 Å². The van der Waals surface area contributed by atoms with E-state index in [9.17, 15) is 4.79 Å². The van der Waals surface area contributed by atoms with Crippen LogP contribution in [0.5, 0.6) is 5.75 Å². The number of carbonyl (C=O) groups is 1. The lowest BCUT2D eigenvalue weighted by Gasteiger charge is -2.26. The summed E-state index contributed by atoms with van der Waals surface area (Å²) < 4.78 is 11.0. The van der Waals surface area contributed by atoms with Crippen molar-refractivity contribution in [1.82, 2.24) is 0 Å². The van der Waals surface area contributed by atoms with Gasteiger partial charge in [0.1, 0.15) is 24.5 Å². The molecule has 1 aromatic carbocycles. The van der Waals surface area contributed by atoms with Crippen molar-refractivity contribution >= 4 is 5.97 Å². The Morgan fingerprint density at radius 2 is 2.21 bits per heavy atom. The summed E-state index contributed by atoms with van der Waals surface area (Å²) in [7, 11) is 0. The molecule has 0 bridgehead atoms. The largest absolute Gasteiger partial charge is 0.489 e. The SMILES string of the molecule is CC(C)C[C@H](N)C(=O)OC1COc2ccccc2C1. The highest BCUT2D eigenvalue weighted by Gasteiger charge is 2.25. The van der Waals surface area contributed by atoms with Gasteiger partial charge in [-0.15, -0.1) is 0 Å². The molecule has 1 aromatic rings. The first-order valence-electron chi connectivity index (χ1n) is 6.73. The van der Waals surface area contributed by atoms with Crippen LogP contribution in [0.25, 0.3) is 0 Å². The molecule has 19 heavy (non-hydrogen) atoms. The zero-order chi connectivity index (χ0) is 13.8. The van der Waals surface area contributed by atoms with Gasteiger partial charge < -0.3 is 15.2 Å². The number of benzene rings is 1. The van der Waals surface area contributed by atoms with E-state index in [0.717, 1.165) is 11.3 Å². The average Bonchev–Trinajstić information content (AvgIpc) is 2.37. The van der Waals surface area contributed by atoms with Crippen molar-refractivity contribution in [3.63, 3.8) is 0 Å². The highest BCUT2D eigenvalue weighted by molar-refractivity contribution is 5.75. The lowest BCUT2D eigenvalue weighted by Crippen LogP contribution is -2.39. The second kappa shape index (κ2) is 6.06. The predicted molar refractivity (Wildman–Crippen MR) is 73.0 cm³/mol. The van der Waals surface area contributed by atoms with Crippen LogP contribution in [0.2, 0.25) is 0 Å². The first-order chi connectivity index (χ1) is 9.06. The number of para-hydroxylation sites is 1. The minimum atomic E-state index is -0.544. The summed E-state index contributed by atoms with van der Waals surface area (Å²) in [6, 6.07) is 7.26. The lowest BCUT2D eigenvalue weighted by molar-refractivity contribution is -0.153. The third-order valence-corrected chi connectivity index (χ3v) is 3.16. The third-order valence-electron chi connectivity index (χ3n) is 3.16. The molecule has 0 radical (unpaired) electrons. The number of hydrogen-bond donors (Lipinski definition) is 1. The zero-order valence-electron chi connectivity index (χ0n) is 11.5. The van der Waals surface area contributed by atoms with Gasteiger partial charge in [-0.25, -0.2) is 0 Å². The number of hydrogen-bond acceptors (Lipinski definition) is 4. The van der Waals surface area contributed by atoms with E-state index in [0.29, 0.717) is 25.4 Å². The summed E-state index contributed by atoms with van der Waals surface area (Å²) in [5, 5.41) is 0. The lowest BCUT2D eigenvalue weighted by atomic mass is 10.0. The van der Waals surface area contributed by atoms with E-state index in [1.165, 1.54) is 0 Å². The molecule has 2 rings (SSSR count). The van der Waals surface area contributed by atoms with E-state index in [1.807, 2.05) is 38.1 Å². The molecule has 1 aliphatic heterocycles. The molecule has 1 unspecified atom stereocenters. The number of nitrogens with two attached hydrogens (primary N) is 1. The van der Waals surface area contributed by atoms with Gasteiger partial charge in [-0.1, -0.05) is 32.0 Å². The Balaban J connectivity index is 1.90. The Hall–Kier alpha value is -1.55. The van der Waals surface area contributed by atoms with Gasteiger partial charge >= 0.3 is 5.97 Å². The van der Waals surface area contributed by atoms with Crippen LogP contribution in [0.1, 0.15) is 25.8 Å². The molecule has 104 valence electrons. The first kappa shape index (κ1) is 13.9. The number of esters is 1. The van der Waals surface area contributed by atoms with Crippen LogP contribution in [-0.4, -0.2) is 24.7 Å². The molecule has 0 spiro atoms. The topological polar surface area (TPSA) is 61.6 Å². The number of fused-ring (bicyclic) bond motifs is 1. The van der Waals surface area contributed by atoms with Crippen molar-refractivity contribution in [2.45, 2.75) is 38.8 Å². The molecule has 0 amide bonds. The number of carbonyl (C=O) groups excluding carboxylic acids is 1. The van der Waals surface area contributed by atoms with Crippen molar-refractivity contribution in [1.29, 1.82) is 0 Å². The van der Waals surface area contributed by atoms with Crippen molar-refractivity contribution < 1.29 is 14.3 Å². The maximum absolute atomic E-state index is 11.9. The third kappa shape index (κ3) is 3.70. The van der Waals surface area contributed by atoms with Crippen LogP contribution >= 0.6 is 0 Å². The van der Waals surface area contributed by atoms with Crippen LogP contribution in [0.3, 0.4) is 0 Å². The predicted octanol–water partition coefficient (Wildman–Crippen LogP) is 1.91. The Kier molecular flexibility index (Phi) is 4.43. The average molecular weight is 263 g/mol. The fourth-order valence-corrected chi connectivity index (χ4v) is 2.23. The standard InChI is InChI=1S/C15H21NO3/c1-10(2)7-13(16)15(17)19-12-8-11-5-3-4-6-14(11)18-9-12/h3-6,10,12-13H,7-9,16H2,1-2H3/t12?,13-/m0/s1. The maximum atomic E-state index is 11.9. The van der Waals surface area contributed by atoms with Gasteiger partial charge in [-0.05, 0) is 24.0 Å². The fraction of sp³-hybridized carbons (Fsp3) is 0.533. The molecule has 0 aliphatic carbocycles. The Labute approximate surface area is 113 Å². The van der Waals surface area contributed by atoms with E-state index >= 15 is 0 Å². The summed E-state index contributed by atoms with van der Waals surface area (Å²) >= 11 is 0. The second-order valence-corrected chi connectivity index (χ2v) is 5.42. The molecule has 0 aromatic heterocycles. The fourth-order valence-electron chi connectivity index (χ4n) is 2.23. The molecule has 1 aliphatic rings. The van der Waals surface area contributed by atoms with E-state index in [-0.39, 0.29) is 12.1 Å². The van der Waals surface area contributed by atoms with Gasteiger partial charge in [0.2, 0.25) is 0 Å². The van der Waals surface area contributed by atoms with Crippen LogP contribution in [0, 0.1) is 5.92 Å². The van der Waals surface area contributed by atoms with E-state index in [2.05, 4.69) is 0 Å². The number of ether oxygens (including phenoxy) is 2. The summed E-state index contributed by atoms with van der Waals surface area (Å²) in [6.45, 7) is 4.47. The van der Waals surface area contributed by atoms with Crippen LogP contribution in [0.15, 0.2) is 24.3 Å². The van der Waals surface area contributed by atoms with Gasteiger partial charge in [-0.2, -0.15) is 0 Å². The van der Waals surface area contributed by atoms with Crippen LogP contribution in [0.4, 0.5) is 0 Å². The smallest absolute Gasteiger partial charge is 0.323 e. The van der Waals surface area contributed by atoms with Crippen molar-refractivity contribution in [2.75, 3.05) is 6.61 Å². The maximum Gasteiger partial charge on any atom is 0.323 e. The quantitative estimate of drug-likeness (QED) is 0.843. The minimum absolute atomic E-state index is 0.236. The zero-order valence-corrected chi connectivity index (χ0v) is 11.5. The Morgan fingerprint density at radius 1 is 1.47 bits per heavy atom. The molecule has 0 saturated heterocycles. The highest BCUT2D eigenvalue weighted by Crippen LogP contribution is 2.25. The van der Waals surface area contributed by atoms with E-state index in [1.54, 1.807) is 0 Å². The summed E-state index contributed by atoms with van der Waals surface area (Å²) in [5.41, 5.74) is 6.89. The summed E-state index contributed by atoms with van der Waals surface area (Å²) in [6.07, 6.45) is 1.10. The Bertz CT molecular complexity index is 445. The highest BCUT2D eigenvalue weighted by atomic mass is 16.6. The monoisotopic (exact) mass is 263 g/mol. The molecule has 4 nitrogen and oxygen atoms in total. The van der Waals surface area contributed by atoms with Gasteiger partial charge in [0.15, 0.2) is 0 Å². The summed E-state index contributed by atoms with van der Waals surface area (Å²) in [4.78, 5) is 11.9.